The summed E-state index contributed by atoms with van der Waals surface area (Å²) in [4.78, 5) is 30.3. The zero-order valence-electron chi connectivity index (χ0n) is 15.3. The predicted molar refractivity (Wildman–Crippen MR) is 108 cm³/mol. The molecule has 0 saturated heterocycles. The average Bonchev–Trinajstić information content (AvgIpc) is 2.70. The molecule has 6 nitrogen and oxygen atoms in total. The number of rotatable bonds is 9. The summed E-state index contributed by atoms with van der Waals surface area (Å²) in [6, 6.07) is 10.3. The smallest absolute Gasteiger partial charge is 0.253 e. The van der Waals surface area contributed by atoms with E-state index in [-0.39, 0.29) is 11.4 Å². The van der Waals surface area contributed by atoms with Crippen LogP contribution >= 0.6 is 0 Å². The number of unbranched alkanes of at least 4 members (excludes halogenated alkanes) is 3. The lowest BCUT2D eigenvalue weighted by Gasteiger charge is -2.28. The Balaban J connectivity index is 1.95. The Bertz CT molecular complexity index is 962. The lowest BCUT2D eigenvalue weighted by Crippen LogP contribution is -2.40. The molecule has 0 aliphatic rings. The molecule has 1 aromatic heterocycles. The highest BCUT2D eigenvalue weighted by Gasteiger charge is 2.28. The van der Waals surface area contributed by atoms with Crippen LogP contribution in [0.4, 0.5) is 22.7 Å². The Hall–Kier alpha value is -3.15. The van der Waals surface area contributed by atoms with Gasteiger partial charge < -0.3 is 15.3 Å². The van der Waals surface area contributed by atoms with Gasteiger partial charge in [-0.05, 0) is 30.7 Å². The molecule has 1 heterocycles. The van der Waals surface area contributed by atoms with Crippen molar-refractivity contribution in [3.05, 3.63) is 69.2 Å². The van der Waals surface area contributed by atoms with Gasteiger partial charge in [-0.25, -0.2) is 0 Å². The minimum absolute atomic E-state index is 0.0795. The van der Waals surface area contributed by atoms with E-state index >= 15 is 0 Å². The van der Waals surface area contributed by atoms with Crippen molar-refractivity contribution in [3.63, 3.8) is 0 Å². The van der Waals surface area contributed by atoms with Crippen molar-refractivity contribution in [3.8, 4) is 5.75 Å². The molecule has 140 valence electrons. The summed E-state index contributed by atoms with van der Waals surface area (Å²) in [5.41, 5.74) is 0.682. The second kappa shape index (κ2) is 8.49. The number of aromatic hydroxyl groups is 1. The van der Waals surface area contributed by atoms with Crippen LogP contribution in [0.15, 0.2) is 58.4 Å². The molecule has 0 radical (unpaired) electrons. The number of benzene rings is 1. The van der Waals surface area contributed by atoms with E-state index in [0.717, 1.165) is 25.7 Å². The van der Waals surface area contributed by atoms with E-state index in [0.29, 0.717) is 23.6 Å². The lowest BCUT2D eigenvalue weighted by molar-refractivity contribution is 0.475. The van der Waals surface area contributed by atoms with Crippen molar-refractivity contribution in [1.29, 1.82) is 0 Å². The van der Waals surface area contributed by atoms with Crippen LogP contribution in [0.5, 0.6) is 5.75 Å². The number of phenols is 1. The highest BCUT2D eigenvalue weighted by molar-refractivity contribution is 5.84. The lowest BCUT2D eigenvalue weighted by atomic mass is 10.1. The molecule has 3 rings (SSSR count). The van der Waals surface area contributed by atoms with Crippen molar-refractivity contribution >= 4 is 22.7 Å². The Kier molecular flexibility index (Phi) is 5.86. The molecule has 0 spiro atoms. The Morgan fingerprint density at radius 3 is 2.44 bits per heavy atom. The van der Waals surface area contributed by atoms with E-state index < -0.39 is 10.9 Å². The molecule has 6 heteroatoms. The first kappa shape index (κ1) is 18.6. The fourth-order valence-corrected chi connectivity index (χ4v) is 3.07. The molecule has 0 unspecified atom stereocenters. The third kappa shape index (κ3) is 4.00. The van der Waals surface area contributed by atoms with Gasteiger partial charge in [0.25, 0.3) is 10.9 Å². The van der Waals surface area contributed by atoms with Gasteiger partial charge in [0.15, 0.2) is 0 Å². The van der Waals surface area contributed by atoms with Gasteiger partial charge in [-0.2, -0.15) is 0 Å². The number of nitrogens with zero attached hydrogens (tertiary/aromatic N) is 2. The Labute approximate surface area is 157 Å². The molecule has 0 atom stereocenters. The molecule has 3 aromatic rings. The van der Waals surface area contributed by atoms with E-state index in [1.54, 1.807) is 53.7 Å². The molecule has 27 heavy (non-hydrogen) atoms. The first-order chi connectivity index (χ1) is 13.1. The standard InChI is InChI=1S/C21H23N3O3/c1-2-3-4-7-14-24(16-8-5-6-9-17(16)25)19-18(20(26)21(19)27)23-15-10-12-22-13-11-15/h5-6,8-13,25H,2-4,7,14H2,1H3,(H,22,23). The van der Waals surface area contributed by atoms with E-state index in [4.69, 9.17) is 0 Å². The number of hydrogen-bond acceptors (Lipinski definition) is 6. The third-order valence-corrected chi connectivity index (χ3v) is 4.51. The van der Waals surface area contributed by atoms with Gasteiger partial charge in [0, 0.05) is 24.6 Å². The van der Waals surface area contributed by atoms with Crippen LogP contribution in [-0.2, 0) is 0 Å². The number of pyridine rings is 1. The van der Waals surface area contributed by atoms with Gasteiger partial charge in [-0.15, -0.1) is 0 Å². The monoisotopic (exact) mass is 365 g/mol. The second-order valence-electron chi connectivity index (χ2n) is 6.44. The highest BCUT2D eigenvalue weighted by atomic mass is 16.3. The Morgan fingerprint density at radius 1 is 1.00 bits per heavy atom. The summed E-state index contributed by atoms with van der Waals surface area (Å²) in [5, 5.41) is 13.3. The molecule has 0 saturated carbocycles. The summed E-state index contributed by atoms with van der Waals surface area (Å²) in [5.74, 6) is 0.0795. The highest BCUT2D eigenvalue weighted by Crippen LogP contribution is 2.35. The van der Waals surface area contributed by atoms with Crippen LogP contribution in [0.3, 0.4) is 0 Å². The van der Waals surface area contributed by atoms with Crippen LogP contribution in [0.1, 0.15) is 32.6 Å². The predicted octanol–water partition coefficient (Wildman–Crippen LogP) is 3.85. The first-order valence-electron chi connectivity index (χ1n) is 9.19. The summed E-state index contributed by atoms with van der Waals surface area (Å²) in [6.45, 7) is 2.68. The van der Waals surface area contributed by atoms with Crippen molar-refractivity contribution < 1.29 is 5.11 Å². The fraction of sp³-hybridized carbons (Fsp3) is 0.286. The maximum Gasteiger partial charge on any atom is 0.253 e. The number of para-hydroxylation sites is 2. The van der Waals surface area contributed by atoms with Crippen molar-refractivity contribution in [1.82, 2.24) is 4.98 Å². The maximum absolute atomic E-state index is 12.4. The van der Waals surface area contributed by atoms with Crippen molar-refractivity contribution in [2.45, 2.75) is 32.6 Å². The van der Waals surface area contributed by atoms with Gasteiger partial charge in [-0.3, -0.25) is 14.6 Å². The first-order valence-corrected chi connectivity index (χ1v) is 9.19. The van der Waals surface area contributed by atoms with E-state index in [9.17, 15) is 14.7 Å². The number of phenolic OH excluding ortho intramolecular Hbond substituents is 1. The zero-order valence-corrected chi connectivity index (χ0v) is 15.3. The van der Waals surface area contributed by atoms with E-state index in [2.05, 4.69) is 17.2 Å². The Morgan fingerprint density at radius 2 is 1.74 bits per heavy atom. The fourth-order valence-electron chi connectivity index (χ4n) is 3.07. The largest absolute Gasteiger partial charge is 0.506 e. The molecule has 0 fully saturated rings. The van der Waals surface area contributed by atoms with Gasteiger partial charge in [0.05, 0.1) is 5.69 Å². The number of aromatic nitrogens is 1. The van der Waals surface area contributed by atoms with Gasteiger partial charge in [-0.1, -0.05) is 38.3 Å². The average molecular weight is 365 g/mol. The molecule has 2 N–H and O–H groups in total. The SMILES string of the molecule is CCCCCCN(c1ccccc1O)c1c(Nc2ccncc2)c(=O)c1=O. The molecular formula is C21H23N3O3. The van der Waals surface area contributed by atoms with Crippen molar-refractivity contribution in [2.24, 2.45) is 0 Å². The number of nitrogens with one attached hydrogen (secondary N) is 1. The molecular weight excluding hydrogens is 342 g/mol. The summed E-state index contributed by atoms with van der Waals surface area (Å²) in [6.07, 6.45) is 7.30. The topological polar surface area (TPSA) is 82.5 Å². The number of anilines is 4. The second-order valence-corrected chi connectivity index (χ2v) is 6.44. The van der Waals surface area contributed by atoms with Crippen LogP contribution in [-0.4, -0.2) is 16.6 Å². The summed E-state index contributed by atoms with van der Waals surface area (Å²) >= 11 is 0. The van der Waals surface area contributed by atoms with Crippen LogP contribution in [0.2, 0.25) is 0 Å². The van der Waals surface area contributed by atoms with Crippen molar-refractivity contribution in [2.75, 3.05) is 16.8 Å². The van der Waals surface area contributed by atoms with Crippen LogP contribution in [0, 0.1) is 0 Å². The molecule has 0 aliphatic heterocycles. The maximum atomic E-state index is 12.4. The van der Waals surface area contributed by atoms with E-state index in [1.165, 1.54) is 0 Å². The van der Waals surface area contributed by atoms with Gasteiger partial charge >= 0.3 is 0 Å². The minimum Gasteiger partial charge on any atom is -0.506 e. The third-order valence-electron chi connectivity index (χ3n) is 4.51. The normalized spacial score (nSPS) is 10.9. The molecule has 0 aliphatic carbocycles. The van der Waals surface area contributed by atoms with Gasteiger partial charge in [0.2, 0.25) is 0 Å². The minimum atomic E-state index is -0.546. The van der Waals surface area contributed by atoms with Crippen LogP contribution < -0.4 is 21.1 Å². The summed E-state index contributed by atoms with van der Waals surface area (Å²) < 4.78 is 0. The summed E-state index contributed by atoms with van der Waals surface area (Å²) in [7, 11) is 0. The van der Waals surface area contributed by atoms with Crippen LogP contribution in [0.25, 0.3) is 0 Å². The molecule has 0 bridgehead atoms. The number of hydrogen-bond donors (Lipinski definition) is 2. The molecule has 0 amide bonds. The van der Waals surface area contributed by atoms with E-state index in [1.807, 2.05) is 0 Å². The quantitative estimate of drug-likeness (QED) is 0.443. The molecule has 2 aromatic carbocycles. The van der Waals surface area contributed by atoms with Gasteiger partial charge in [0.1, 0.15) is 17.1 Å². The zero-order chi connectivity index (χ0) is 19.2.